The Labute approximate surface area is 94.3 Å². The Hall–Kier alpha value is -0.920. The van der Waals surface area contributed by atoms with Crippen molar-refractivity contribution in [1.82, 2.24) is 14.5 Å². The molecule has 2 rings (SSSR count). The number of aromatic amines is 1. The fourth-order valence-electron chi connectivity index (χ4n) is 1.96. The van der Waals surface area contributed by atoms with Crippen LogP contribution in [0.1, 0.15) is 12.8 Å². The molecule has 1 atom stereocenters. The van der Waals surface area contributed by atoms with Crippen LogP contribution in [0.4, 0.5) is 0 Å². The van der Waals surface area contributed by atoms with Crippen LogP contribution in [0.2, 0.25) is 0 Å². The van der Waals surface area contributed by atoms with Gasteiger partial charge in [-0.25, -0.2) is 8.42 Å². The molecule has 1 aliphatic rings. The van der Waals surface area contributed by atoms with Crippen LogP contribution in [0, 0.1) is 5.92 Å². The van der Waals surface area contributed by atoms with Gasteiger partial charge in [0.1, 0.15) is 0 Å². The Bertz CT molecular complexity index is 429. The van der Waals surface area contributed by atoms with Gasteiger partial charge in [-0.05, 0) is 24.8 Å². The molecule has 0 spiro atoms. The summed E-state index contributed by atoms with van der Waals surface area (Å²) in [5, 5.41) is 15.1. The average molecular weight is 245 g/mol. The largest absolute Gasteiger partial charge is 0.396 e. The van der Waals surface area contributed by atoms with E-state index in [4.69, 9.17) is 5.11 Å². The third-order valence-corrected chi connectivity index (χ3v) is 4.67. The summed E-state index contributed by atoms with van der Waals surface area (Å²) in [6.07, 6.45) is 2.90. The molecule has 1 unspecified atom stereocenters. The van der Waals surface area contributed by atoms with Crippen molar-refractivity contribution >= 4 is 10.0 Å². The first-order valence-electron chi connectivity index (χ1n) is 5.25. The van der Waals surface area contributed by atoms with Gasteiger partial charge >= 0.3 is 0 Å². The third kappa shape index (κ3) is 2.11. The number of nitrogens with zero attached hydrogens (tertiary/aromatic N) is 2. The Balaban J connectivity index is 2.10. The lowest BCUT2D eigenvalue weighted by atomic mass is 10.1. The van der Waals surface area contributed by atoms with Gasteiger partial charge in [-0.3, -0.25) is 5.10 Å². The first-order valence-corrected chi connectivity index (χ1v) is 6.69. The molecule has 0 aliphatic carbocycles. The van der Waals surface area contributed by atoms with Crippen molar-refractivity contribution in [3.05, 3.63) is 12.3 Å². The number of hydrogen-bond donors (Lipinski definition) is 2. The third-order valence-electron chi connectivity index (χ3n) is 2.88. The predicted molar refractivity (Wildman–Crippen MR) is 57.2 cm³/mol. The smallest absolute Gasteiger partial charge is 0.259 e. The van der Waals surface area contributed by atoms with Crippen LogP contribution in [0.5, 0.6) is 0 Å². The van der Waals surface area contributed by atoms with Gasteiger partial charge in [0.05, 0.1) is 6.20 Å². The van der Waals surface area contributed by atoms with Crippen molar-refractivity contribution in [1.29, 1.82) is 0 Å². The van der Waals surface area contributed by atoms with E-state index in [1.807, 2.05) is 0 Å². The number of nitrogens with one attached hydrogen (secondary N) is 1. The zero-order valence-electron chi connectivity index (χ0n) is 8.83. The van der Waals surface area contributed by atoms with Crippen LogP contribution < -0.4 is 0 Å². The molecule has 2 N–H and O–H groups in total. The maximum absolute atomic E-state index is 12.0. The topological polar surface area (TPSA) is 86.3 Å². The summed E-state index contributed by atoms with van der Waals surface area (Å²) >= 11 is 0. The highest BCUT2D eigenvalue weighted by Crippen LogP contribution is 2.24. The number of H-pyrrole nitrogens is 1. The van der Waals surface area contributed by atoms with Crippen molar-refractivity contribution in [2.45, 2.75) is 17.9 Å². The van der Waals surface area contributed by atoms with Crippen molar-refractivity contribution in [3.8, 4) is 0 Å². The van der Waals surface area contributed by atoms with Crippen LogP contribution in [0.25, 0.3) is 0 Å². The lowest BCUT2D eigenvalue weighted by molar-refractivity contribution is 0.259. The van der Waals surface area contributed by atoms with Gasteiger partial charge in [-0.2, -0.15) is 9.40 Å². The minimum atomic E-state index is -3.41. The van der Waals surface area contributed by atoms with E-state index in [0.717, 1.165) is 6.42 Å². The Morgan fingerprint density at radius 3 is 3.06 bits per heavy atom. The van der Waals surface area contributed by atoms with Gasteiger partial charge in [0.2, 0.25) is 0 Å². The molecule has 90 valence electrons. The highest BCUT2D eigenvalue weighted by atomic mass is 32.2. The van der Waals surface area contributed by atoms with Gasteiger partial charge < -0.3 is 5.11 Å². The second-order valence-electron chi connectivity index (χ2n) is 3.95. The number of aromatic nitrogens is 2. The SMILES string of the molecule is O=S(=O)(c1ccn[nH]1)N1CCC(CCO)C1. The zero-order valence-corrected chi connectivity index (χ0v) is 9.65. The van der Waals surface area contributed by atoms with E-state index in [2.05, 4.69) is 10.2 Å². The summed E-state index contributed by atoms with van der Waals surface area (Å²) < 4.78 is 25.5. The van der Waals surface area contributed by atoms with E-state index in [0.29, 0.717) is 19.5 Å². The molecule has 1 aromatic heterocycles. The number of rotatable bonds is 4. The Morgan fingerprint density at radius 1 is 1.62 bits per heavy atom. The highest BCUT2D eigenvalue weighted by molar-refractivity contribution is 7.89. The number of aliphatic hydroxyl groups is 1. The van der Waals surface area contributed by atoms with E-state index in [1.54, 1.807) is 0 Å². The lowest BCUT2D eigenvalue weighted by Gasteiger charge is -2.14. The summed E-state index contributed by atoms with van der Waals surface area (Å²) in [7, 11) is -3.41. The van der Waals surface area contributed by atoms with Crippen LogP contribution >= 0.6 is 0 Å². The average Bonchev–Trinajstić information content (AvgIpc) is 2.88. The lowest BCUT2D eigenvalue weighted by Crippen LogP contribution is -2.29. The van der Waals surface area contributed by atoms with E-state index in [-0.39, 0.29) is 17.6 Å². The molecule has 7 heteroatoms. The first-order chi connectivity index (χ1) is 7.64. The van der Waals surface area contributed by atoms with E-state index >= 15 is 0 Å². The van der Waals surface area contributed by atoms with Crippen LogP contribution in [0.15, 0.2) is 17.3 Å². The fraction of sp³-hybridized carbons (Fsp3) is 0.667. The monoisotopic (exact) mass is 245 g/mol. The molecule has 0 saturated carbocycles. The minimum Gasteiger partial charge on any atom is -0.396 e. The molecule has 1 aromatic rings. The molecule has 0 aromatic carbocycles. The summed E-state index contributed by atoms with van der Waals surface area (Å²) in [6.45, 7) is 1.12. The molecule has 6 nitrogen and oxygen atoms in total. The van der Waals surface area contributed by atoms with Crippen LogP contribution in [-0.2, 0) is 10.0 Å². The van der Waals surface area contributed by atoms with Crippen molar-refractivity contribution in [2.24, 2.45) is 5.92 Å². The van der Waals surface area contributed by atoms with Crippen LogP contribution in [-0.4, -0.2) is 47.7 Å². The van der Waals surface area contributed by atoms with Gasteiger partial charge in [0, 0.05) is 19.7 Å². The van der Waals surface area contributed by atoms with E-state index in [9.17, 15) is 8.42 Å². The predicted octanol–water partition coefficient (Wildman–Crippen LogP) is -0.197. The van der Waals surface area contributed by atoms with E-state index < -0.39 is 10.0 Å². The maximum atomic E-state index is 12.0. The van der Waals surface area contributed by atoms with Gasteiger partial charge in [-0.15, -0.1) is 0 Å². The molecule has 0 bridgehead atoms. The Kier molecular flexibility index (Phi) is 3.27. The fourth-order valence-corrected chi connectivity index (χ4v) is 3.39. The maximum Gasteiger partial charge on any atom is 0.259 e. The number of sulfonamides is 1. The second kappa shape index (κ2) is 4.52. The molecule has 1 aliphatic heterocycles. The van der Waals surface area contributed by atoms with Crippen LogP contribution in [0.3, 0.4) is 0 Å². The van der Waals surface area contributed by atoms with Gasteiger partial charge in [-0.1, -0.05) is 0 Å². The molecule has 0 amide bonds. The number of hydrogen-bond acceptors (Lipinski definition) is 4. The normalized spacial score (nSPS) is 22.7. The highest BCUT2D eigenvalue weighted by Gasteiger charge is 2.32. The minimum absolute atomic E-state index is 0.114. The molecular formula is C9H15N3O3S. The molecule has 1 saturated heterocycles. The van der Waals surface area contributed by atoms with Crippen molar-refractivity contribution in [3.63, 3.8) is 0 Å². The van der Waals surface area contributed by atoms with Gasteiger partial charge in [0.25, 0.3) is 10.0 Å². The Morgan fingerprint density at radius 2 is 2.44 bits per heavy atom. The quantitative estimate of drug-likeness (QED) is 0.769. The summed E-state index contributed by atoms with van der Waals surface area (Å²) in [4.78, 5) is 0. The first kappa shape index (κ1) is 11.6. The summed E-state index contributed by atoms with van der Waals surface area (Å²) in [6, 6.07) is 1.45. The van der Waals surface area contributed by atoms with E-state index in [1.165, 1.54) is 16.6 Å². The van der Waals surface area contributed by atoms with Gasteiger partial charge in [0.15, 0.2) is 5.03 Å². The molecular weight excluding hydrogens is 230 g/mol. The summed E-state index contributed by atoms with van der Waals surface area (Å²) in [5.41, 5.74) is 0. The number of aliphatic hydroxyl groups excluding tert-OH is 1. The molecule has 2 heterocycles. The van der Waals surface area contributed by atoms with Crippen molar-refractivity contribution < 1.29 is 13.5 Å². The molecule has 1 fully saturated rings. The zero-order chi connectivity index (χ0) is 11.6. The second-order valence-corrected chi connectivity index (χ2v) is 5.86. The molecule has 0 radical (unpaired) electrons. The molecule has 16 heavy (non-hydrogen) atoms. The standard InChI is InChI=1S/C9H15N3O3S/c13-6-3-8-2-5-12(7-8)16(14,15)9-1-4-10-11-9/h1,4,8,13H,2-3,5-7H2,(H,10,11). The summed E-state index contributed by atoms with van der Waals surface area (Å²) in [5.74, 6) is 0.266. The van der Waals surface area contributed by atoms with Crippen molar-refractivity contribution in [2.75, 3.05) is 19.7 Å².